The molecule has 10 nitrogen and oxygen atoms in total. The summed E-state index contributed by atoms with van der Waals surface area (Å²) in [4.78, 5) is 43.4. The maximum absolute atomic E-state index is 12.0. The molecule has 2 aliphatic heterocycles. The van der Waals surface area contributed by atoms with Crippen molar-refractivity contribution >= 4 is 29.4 Å². The number of aliphatic imine (C=N–C) groups is 1. The lowest BCUT2D eigenvalue weighted by Gasteiger charge is -2.23. The van der Waals surface area contributed by atoms with Crippen molar-refractivity contribution in [3.05, 3.63) is 54.1 Å². The van der Waals surface area contributed by atoms with Crippen LogP contribution in [-0.2, 0) is 9.59 Å². The van der Waals surface area contributed by atoms with Gasteiger partial charge in [-0.05, 0) is 74.2 Å². The second-order valence-corrected chi connectivity index (χ2v) is 9.09. The molecule has 3 amide bonds. The molecular weight excluding hydrogens is 510 g/mol. The van der Waals surface area contributed by atoms with Crippen molar-refractivity contribution in [3.8, 4) is 24.3 Å². The minimum Gasteiger partial charge on any atom is -0.497 e. The first-order valence-corrected chi connectivity index (χ1v) is 13.2. The van der Waals surface area contributed by atoms with E-state index in [0.717, 1.165) is 57.5 Å². The highest BCUT2D eigenvalue weighted by Crippen LogP contribution is 2.17. The first kappa shape index (κ1) is 31.7. The van der Waals surface area contributed by atoms with Gasteiger partial charge < -0.3 is 25.0 Å². The van der Waals surface area contributed by atoms with Gasteiger partial charge in [-0.25, -0.2) is 4.99 Å². The summed E-state index contributed by atoms with van der Waals surface area (Å²) in [6.45, 7) is 2.82. The van der Waals surface area contributed by atoms with Gasteiger partial charge in [0.2, 0.25) is 17.8 Å². The fraction of sp³-hybridized carbons (Fsp3) is 0.400. The molecule has 40 heavy (non-hydrogen) atoms. The molecule has 2 aromatic carbocycles. The molecule has 0 bridgehead atoms. The van der Waals surface area contributed by atoms with Gasteiger partial charge >= 0.3 is 0 Å². The molecule has 2 saturated heterocycles. The van der Waals surface area contributed by atoms with E-state index in [1.165, 1.54) is 0 Å². The lowest BCUT2D eigenvalue weighted by Crippen LogP contribution is -2.41. The number of hydrogen-bond donors (Lipinski definition) is 2. The lowest BCUT2D eigenvalue weighted by atomic mass is 10.2. The van der Waals surface area contributed by atoms with E-state index in [0.29, 0.717) is 30.0 Å². The largest absolute Gasteiger partial charge is 0.497 e. The van der Waals surface area contributed by atoms with Crippen LogP contribution in [0.5, 0.6) is 11.5 Å². The number of carbonyl (C=O) groups excluding carboxylic acids is 3. The first-order valence-electron chi connectivity index (χ1n) is 13.2. The molecule has 4 rings (SSSR count). The fourth-order valence-electron chi connectivity index (χ4n) is 4.19. The van der Waals surface area contributed by atoms with Crippen molar-refractivity contribution in [2.45, 2.75) is 38.5 Å². The summed E-state index contributed by atoms with van der Waals surface area (Å²) in [5, 5.41) is 2.53. The number of methoxy groups -OCH3 is 2. The van der Waals surface area contributed by atoms with Gasteiger partial charge in [-0.3, -0.25) is 19.7 Å². The van der Waals surface area contributed by atoms with Crippen LogP contribution in [0.1, 0.15) is 48.9 Å². The second-order valence-electron chi connectivity index (χ2n) is 9.09. The molecular formula is C30H39N5O5. The molecule has 214 valence electrons. The third-order valence-corrected chi connectivity index (χ3v) is 6.37. The highest BCUT2D eigenvalue weighted by atomic mass is 16.5. The van der Waals surface area contributed by atoms with Crippen LogP contribution in [0.3, 0.4) is 0 Å². The second kappa shape index (κ2) is 17.1. The Morgan fingerprint density at radius 2 is 1.43 bits per heavy atom. The van der Waals surface area contributed by atoms with Crippen molar-refractivity contribution in [2.24, 2.45) is 10.7 Å². The molecule has 0 atom stereocenters. The first-order chi connectivity index (χ1) is 19.4. The summed E-state index contributed by atoms with van der Waals surface area (Å²) in [6, 6.07) is 13.7. The Labute approximate surface area is 236 Å². The predicted octanol–water partition coefficient (Wildman–Crippen LogP) is 3.34. The number of likely N-dealkylation sites (tertiary alicyclic amines) is 2. The van der Waals surface area contributed by atoms with E-state index in [4.69, 9.17) is 15.2 Å². The van der Waals surface area contributed by atoms with Crippen LogP contribution in [0.15, 0.2) is 53.5 Å². The van der Waals surface area contributed by atoms with E-state index < -0.39 is 0 Å². The summed E-state index contributed by atoms with van der Waals surface area (Å²) < 4.78 is 10.1. The van der Waals surface area contributed by atoms with E-state index in [1.807, 2.05) is 4.90 Å². The normalized spacial score (nSPS) is 15.0. The predicted molar refractivity (Wildman–Crippen MR) is 155 cm³/mol. The van der Waals surface area contributed by atoms with Crippen molar-refractivity contribution < 1.29 is 23.9 Å². The molecule has 0 unspecified atom stereocenters. The van der Waals surface area contributed by atoms with Crippen molar-refractivity contribution in [3.63, 3.8) is 0 Å². The molecule has 0 spiro atoms. The highest BCUT2D eigenvalue weighted by molar-refractivity contribution is 6.05. The molecule has 0 aliphatic carbocycles. The zero-order valence-corrected chi connectivity index (χ0v) is 23.3. The third-order valence-electron chi connectivity index (χ3n) is 6.37. The fourth-order valence-corrected chi connectivity index (χ4v) is 4.19. The Kier molecular flexibility index (Phi) is 13.6. The molecule has 3 N–H and O–H groups in total. The molecule has 2 heterocycles. The number of ether oxygens (including phenoxy) is 2. The molecule has 2 aromatic rings. The highest BCUT2D eigenvalue weighted by Gasteiger charge is 2.23. The monoisotopic (exact) mass is 549 g/mol. The summed E-state index contributed by atoms with van der Waals surface area (Å²) in [5.74, 6) is 1.37. The minimum atomic E-state index is -0.336. The smallest absolute Gasteiger partial charge is 0.257 e. The average molecular weight is 550 g/mol. The van der Waals surface area contributed by atoms with Gasteiger partial charge in [0, 0.05) is 31.6 Å². The van der Waals surface area contributed by atoms with Crippen LogP contribution in [0.25, 0.3) is 0 Å². The molecule has 2 fully saturated rings. The van der Waals surface area contributed by atoms with Gasteiger partial charge in [0.15, 0.2) is 0 Å². The van der Waals surface area contributed by atoms with Crippen LogP contribution in [0, 0.1) is 12.8 Å². The zero-order chi connectivity index (χ0) is 29.3. The molecule has 2 aliphatic rings. The van der Waals surface area contributed by atoms with Gasteiger partial charge in [0.05, 0.1) is 26.5 Å². The van der Waals surface area contributed by atoms with Crippen molar-refractivity contribution in [1.29, 1.82) is 0 Å². The number of carbonyl (C=O) groups is 3. The number of terminal acetylenes is 1. The summed E-state index contributed by atoms with van der Waals surface area (Å²) in [5.41, 5.74) is 6.82. The summed E-state index contributed by atoms with van der Waals surface area (Å²) in [7, 11) is 3.15. The van der Waals surface area contributed by atoms with Crippen LogP contribution >= 0.6 is 0 Å². The Bertz CT molecular complexity index is 1140. The minimum absolute atomic E-state index is 0.0194. The SMILES string of the molecule is C#C.COc1ccc(N=C(N)NC(=O)c2ccc(OC)cc2)cc1.O=C(CN1CCCCCC1=O)N1CCCC1. The van der Waals surface area contributed by atoms with Crippen LogP contribution in [0.4, 0.5) is 5.69 Å². The van der Waals surface area contributed by atoms with Crippen LogP contribution < -0.4 is 20.5 Å². The van der Waals surface area contributed by atoms with E-state index in [1.54, 1.807) is 67.7 Å². The summed E-state index contributed by atoms with van der Waals surface area (Å²) >= 11 is 0. The quantitative estimate of drug-likeness (QED) is 0.323. The number of benzene rings is 2. The number of guanidine groups is 1. The Hall–Kier alpha value is -4.52. The number of hydrogen-bond acceptors (Lipinski definition) is 6. The maximum atomic E-state index is 12.0. The van der Waals surface area contributed by atoms with Gasteiger partial charge in [0.1, 0.15) is 11.5 Å². The third kappa shape index (κ3) is 10.3. The Balaban J connectivity index is 0.000000275. The number of nitrogens with one attached hydrogen (secondary N) is 1. The molecule has 10 heteroatoms. The van der Waals surface area contributed by atoms with Gasteiger partial charge in [-0.2, -0.15) is 0 Å². The molecule has 0 radical (unpaired) electrons. The van der Waals surface area contributed by atoms with E-state index in [9.17, 15) is 14.4 Å². The topological polar surface area (TPSA) is 127 Å². The van der Waals surface area contributed by atoms with Crippen molar-refractivity contribution in [2.75, 3.05) is 40.4 Å². The standard InChI is InChI=1S/C16H17N3O3.C12H20N2O2.C2H2/c1-21-13-7-3-11(4-8-13)15(20)19-16(17)18-12-5-9-14(22-2)10-6-12;15-11-6-2-1-3-9-14(11)10-12(16)13-7-4-5-8-13;1-2/h3-10H,1-2H3,(H3,17,18,19,20);1-10H2;1-2H. The Morgan fingerprint density at radius 1 is 0.875 bits per heavy atom. The zero-order valence-electron chi connectivity index (χ0n) is 23.3. The van der Waals surface area contributed by atoms with Crippen molar-refractivity contribution in [1.82, 2.24) is 15.1 Å². The maximum Gasteiger partial charge on any atom is 0.257 e. The lowest BCUT2D eigenvalue weighted by molar-refractivity contribution is -0.139. The van der Waals surface area contributed by atoms with E-state index >= 15 is 0 Å². The van der Waals surface area contributed by atoms with Gasteiger partial charge in [-0.1, -0.05) is 6.42 Å². The van der Waals surface area contributed by atoms with E-state index in [2.05, 4.69) is 23.2 Å². The summed E-state index contributed by atoms with van der Waals surface area (Å²) in [6.07, 6.45) is 14.0. The number of nitrogens with zero attached hydrogens (tertiary/aromatic N) is 3. The molecule has 0 aromatic heterocycles. The van der Waals surface area contributed by atoms with Crippen LogP contribution in [0.2, 0.25) is 0 Å². The average Bonchev–Trinajstić information content (AvgIpc) is 3.46. The number of nitrogens with two attached hydrogens (primary N) is 1. The Morgan fingerprint density at radius 3 is 2.00 bits per heavy atom. The van der Waals surface area contributed by atoms with Gasteiger partial charge in [0.25, 0.3) is 5.91 Å². The van der Waals surface area contributed by atoms with Crippen LogP contribution in [-0.4, -0.2) is 73.9 Å². The molecule has 0 saturated carbocycles. The van der Waals surface area contributed by atoms with Gasteiger partial charge in [-0.15, -0.1) is 12.8 Å². The van der Waals surface area contributed by atoms with E-state index in [-0.39, 0.29) is 23.7 Å². The number of rotatable bonds is 6. The number of amides is 3.